The standard InChI is InChI=1S/C14H12N2.C7H16N2.C2H6/c1-10-6-7-13-14(8-10)15-9-11-4-2-3-5-12(11)16-13;1-9-6-3-2-4-8-5-7-9;1-2/h2-9,16H,1H3;8H,2-7H2,1H3;1-2H3. The van der Waals surface area contributed by atoms with E-state index in [4.69, 9.17) is 0 Å². The summed E-state index contributed by atoms with van der Waals surface area (Å²) < 4.78 is 0. The molecule has 2 aliphatic heterocycles. The molecule has 0 saturated carbocycles. The summed E-state index contributed by atoms with van der Waals surface area (Å²) in [6, 6.07) is 14.4. The molecule has 0 bridgehead atoms. The Kier molecular flexibility index (Phi) is 9.02. The van der Waals surface area contributed by atoms with Crippen LogP contribution in [0, 0.1) is 6.92 Å². The second-order valence-electron chi connectivity index (χ2n) is 6.75. The van der Waals surface area contributed by atoms with Crippen LogP contribution in [-0.4, -0.2) is 44.3 Å². The third kappa shape index (κ3) is 6.81. The van der Waals surface area contributed by atoms with Crippen LogP contribution < -0.4 is 10.6 Å². The van der Waals surface area contributed by atoms with Gasteiger partial charge in [-0.25, -0.2) is 0 Å². The van der Waals surface area contributed by atoms with E-state index in [1.807, 2.05) is 32.2 Å². The van der Waals surface area contributed by atoms with Crippen molar-refractivity contribution in [1.29, 1.82) is 0 Å². The highest BCUT2D eigenvalue weighted by molar-refractivity contribution is 5.95. The average molecular weight is 367 g/mol. The van der Waals surface area contributed by atoms with Crippen molar-refractivity contribution in [3.05, 3.63) is 53.6 Å². The van der Waals surface area contributed by atoms with Gasteiger partial charge in [0.2, 0.25) is 0 Å². The maximum atomic E-state index is 4.50. The summed E-state index contributed by atoms with van der Waals surface area (Å²) in [7, 11) is 2.19. The summed E-state index contributed by atoms with van der Waals surface area (Å²) in [6.07, 6.45) is 4.60. The molecule has 0 aliphatic carbocycles. The molecule has 0 unspecified atom stereocenters. The molecule has 0 aromatic heterocycles. The molecule has 0 amide bonds. The van der Waals surface area contributed by atoms with Crippen LogP contribution in [0.5, 0.6) is 0 Å². The molecule has 0 atom stereocenters. The monoisotopic (exact) mass is 366 g/mol. The fraction of sp³-hybridized carbons (Fsp3) is 0.435. The second-order valence-corrected chi connectivity index (χ2v) is 6.75. The van der Waals surface area contributed by atoms with Crippen LogP contribution in [0.25, 0.3) is 0 Å². The Hall–Kier alpha value is -2.17. The Bertz CT molecular complexity index is 716. The van der Waals surface area contributed by atoms with E-state index in [1.54, 1.807) is 0 Å². The normalized spacial score (nSPS) is 15.9. The molecule has 2 aliphatic rings. The van der Waals surface area contributed by atoms with Gasteiger partial charge in [-0.15, -0.1) is 0 Å². The first kappa shape index (κ1) is 21.1. The SMILES string of the molecule is CC.CN1CCCCNCC1.Cc1ccc2c(c1)N=Cc1ccccc1N2. The van der Waals surface area contributed by atoms with E-state index in [0.717, 1.165) is 29.2 Å². The van der Waals surface area contributed by atoms with Gasteiger partial charge in [-0.1, -0.05) is 38.1 Å². The fourth-order valence-corrected chi connectivity index (χ4v) is 3.00. The number of nitrogens with zero attached hydrogens (tertiary/aromatic N) is 2. The first-order valence-electron chi connectivity index (χ1n) is 10.1. The van der Waals surface area contributed by atoms with Gasteiger partial charge in [0.15, 0.2) is 0 Å². The lowest BCUT2D eigenvalue weighted by Gasteiger charge is -2.19. The zero-order valence-corrected chi connectivity index (χ0v) is 17.3. The van der Waals surface area contributed by atoms with Gasteiger partial charge in [0.05, 0.1) is 11.4 Å². The lowest BCUT2D eigenvalue weighted by Crippen LogP contribution is -2.33. The third-order valence-electron chi connectivity index (χ3n) is 4.54. The van der Waals surface area contributed by atoms with Crippen molar-refractivity contribution < 1.29 is 0 Å². The van der Waals surface area contributed by atoms with Crippen LogP contribution in [-0.2, 0) is 0 Å². The van der Waals surface area contributed by atoms with Crippen molar-refractivity contribution in [3.8, 4) is 0 Å². The number of aryl methyl sites for hydroxylation is 1. The summed E-state index contributed by atoms with van der Waals surface area (Å²) in [4.78, 5) is 6.88. The Labute approximate surface area is 164 Å². The van der Waals surface area contributed by atoms with Gasteiger partial charge in [-0.2, -0.15) is 0 Å². The smallest absolute Gasteiger partial charge is 0.0867 e. The highest BCUT2D eigenvalue weighted by Gasteiger charge is 2.08. The predicted molar refractivity (Wildman–Crippen MR) is 119 cm³/mol. The van der Waals surface area contributed by atoms with Crippen molar-refractivity contribution in [2.75, 3.05) is 38.5 Å². The van der Waals surface area contributed by atoms with Gasteiger partial charge in [0.25, 0.3) is 0 Å². The zero-order valence-electron chi connectivity index (χ0n) is 17.3. The summed E-state index contributed by atoms with van der Waals surface area (Å²) in [5.41, 5.74) is 5.51. The van der Waals surface area contributed by atoms with Crippen molar-refractivity contribution in [1.82, 2.24) is 10.2 Å². The highest BCUT2D eigenvalue weighted by Crippen LogP contribution is 2.32. The first-order valence-corrected chi connectivity index (χ1v) is 10.1. The Morgan fingerprint density at radius 1 is 0.926 bits per heavy atom. The Morgan fingerprint density at radius 3 is 2.59 bits per heavy atom. The van der Waals surface area contributed by atoms with Crippen LogP contribution in [0.1, 0.15) is 37.8 Å². The maximum absolute atomic E-state index is 4.50. The number of benzene rings is 2. The number of aliphatic imine (C=N–C) groups is 1. The quantitative estimate of drug-likeness (QED) is 0.579. The van der Waals surface area contributed by atoms with Crippen molar-refractivity contribution >= 4 is 23.3 Å². The summed E-state index contributed by atoms with van der Waals surface area (Å²) in [5, 5.41) is 6.78. The van der Waals surface area contributed by atoms with E-state index in [9.17, 15) is 0 Å². The number of para-hydroxylation sites is 1. The molecular weight excluding hydrogens is 332 g/mol. The minimum Gasteiger partial charge on any atom is -0.353 e. The van der Waals surface area contributed by atoms with E-state index in [-0.39, 0.29) is 0 Å². The number of nitrogens with one attached hydrogen (secondary N) is 2. The third-order valence-corrected chi connectivity index (χ3v) is 4.54. The molecule has 4 rings (SSSR count). The molecule has 4 nitrogen and oxygen atoms in total. The fourth-order valence-electron chi connectivity index (χ4n) is 3.00. The number of fused-ring (bicyclic) bond motifs is 2. The lowest BCUT2D eigenvalue weighted by atomic mass is 10.2. The second kappa shape index (κ2) is 11.5. The van der Waals surface area contributed by atoms with Crippen LogP contribution in [0.4, 0.5) is 17.1 Å². The van der Waals surface area contributed by atoms with Crippen molar-refractivity contribution in [2.45, 2.75) is 33.6 Å². The molecule has 2 heterocycles. The first-order chi connectivity index (χ1) is 13.2. The van der Waals surface area contributed by atoms with Gasteiger partial charge < -0.3 is 15.5 Å². The van der Waals surface area contributed by atoms with Crippen molar-refractivity contribution in [3.63, 3.8) is 0 Å². The molecule has 1 saturated heterocycles. The minimum atomic E-state index is 0.996. The molecule has 1 fully saturated rings. The molecule has 0 spiro atoms. The zero-order chi connectivity index (χ0) is 19.5. The number of hydrogen-bond donors (Lipinski definition) is 2. The number of anilines is 2. The van der Waals surface area contributed by atoms with E-state index < -0.39 is 0 Å². The predicted octanol–water partition coefficient (Wildman–Crippen LogP) is 5.13. The summed E-state index contributed by atoms with van der Waals surface area (Å²) in [5.74, 6) is 0. The van der Waals surface area contributed by atoms with Crippen LogP contribution in [0.2, 0.25) is 0 Å². The summed E-state index contributed by atoms with van der Waals surface area (Å²) >= 11 is 0. The molecule has 4 heteroatoms. The van der Waals surface area contributed by atoms with E-state index >= 15 is 0 Å². The van der Waals surface area contributed by atoms with Gasteiger partial charge in [0, 0.05) is 30.6 Å². The minimum absolute atomic E-state index is 0.996. The average Bonchev–Trinajstić information content (AvgIpc) is 2.86. The maximum Gasteiger partial charge on any atom is 0.0867 e. The summed E-state index contributed by atoms with van der Waals surface area (Å²) in [6.45, 7) is 10.9. The van der Waals surface area contributed by atoms with E-state index in [0.29, 0.717) is 0 Å². The van der Waals surface area contributed by atoms with Gasteiger partial charge in [0.1, 0.15) is 0 Å². The van der Waals surface area contributed by atoms with Crippen LogP contribution >= 0.6 is 0 Å². The van der Waals surface area contributed by atoms with Crippen LogP contribution in [0.3, 0.4) is 0 Å². The molecular formula is C23H34N4. The Balaban J connectivity index is 0.000000203. The highest BCUT2D eigenvalue weighted by atomic mass is 15.1. The molecule has 27 heavy (non-hydrogen) atoms. The molecule has 2 N–H and O–H groups in total. The van der Waals surface area contributed by atoms with E-state index in [2.05, 4.69) is 64.8 Å². The molecule has 2 aromatic rings. The van der Waals surface area contributed by atoms with Crippen LogP contribution in [0.15, 0.2) is 47.5 Å². The van der Waals surface area contributed by atoms with Gasteiger partial charge in [-0.05, 0) is 63.7 Å². The largest absolute Gasteiger partial charge is 0.353 e. The molecule has 2 aromatic carbocycles. The number of hydrogen-bond acceptors (Lipinski definition) is 4. The lowest BCUT2D eigenvalue weighted by molar-refractivity contribution is 0.306. The topological polar surface area (TPSA) is 39.7 Å². The van der Waals surface area contributed by atoms with Gasteiger partial charge in [-0.3, -0.25) is 4.99 Å². The van der Waals surface area contributed by atoms with Crippen molar-refractivity contribution in [2.24, 2.45) is 4.99 Å². The van der Waals surface area contributed by atoms with E-state index in [1.165, 1.54) is 38.0 Å². The molecule has 146 valence electrons. The number of rotatable bonds is 0. The Morgan fingerprint density at radius 2 is 1.74 bits per heavy atom. The number of likely N-dealkylation sites (N-methyl/N-ethyl adjacent to an activating group) is 1. The van der Waals surface area contributed by atoms with Gasteiger partial charge >= 0.3 is 0 Å². The molecule has 0 radical (unpaired) electrons.